The molecule has 6 heteroatoms. The normalized spacial score (nSPS) is 12.3. The Morgan fingerprint density at radius 2 is 1.82 bits per heavy atom. The molecule has 1 amide bonds. The minimum absolute atomic E-state index is 0.173. The summed E-state index contributed by atoms with van der Waals surface area (Å²) in [6.45, 7) is 5.65. The van der Waals surface area contributed by atoms with Crippen molar-refractivity contribution in [2.24, 2.45) is 5.10 Å². The maximum Gasteiger partial charge on any atom is 0.253 e. The second-order valence-electron chi connectivity index (χ2n) is 6.42. The first-order valence-corrected chi connectivity index (χ1v) is 9.84. The molecule has 3 aromatic rings. The molecule has 0 spiro atoms. The van der Waals surface area contributed by atoms with Crippen molar-refractivity contribution < 1.29 is 9.18 Å². The van der Waals surface area contributed by atoms with Gasteiger partial charge in [-0.05, 0) is 51.1 Å². The number of halogens is 1. The van der Waals surface area contributed by atoms with E-state index < -0.39 is 0 Å². The Balaban J connectivity index is 1.69. The lowest BCUT2D eigenvalue weighted by molar-refractivity contribution is -0.120. The minimum atomic E-state index is -0.284. The largest absolute Gasteiger partial charge is 0.315 e. The van der Waals surface area contributed by atoms with E-state index in [9.17, 15) is 9.18 Å². The van der Waals surface area contributed by atoms with Crippen LogP contribution in [0.2, 0.25) is 0 Å². The lowest BCUT2D eigenvalue weighted by Crippen LogP contribution is -2.26. The van der Waals surface area contributed by atoms with Crippen LogP contribution in [-0.4, -0.2) is 21.9 Å². The Bertz CT molecular complexity index is 998. The third kappa shape index (κ3) is 4.51. The van der Waals surface area contributed by atoms with E-state index in [2.05, 4.69) is 10.5 Å². The summed E-state index contributed by atoms with van der Waals surface area (Å²) in [6.07, 6.45) is 1.59. The van der Waals surface area contributed by atoms with Crippen molar-refractivity contribution in [1.29, 1.82) is 0 Å². The maximum absolute atomic E-state index is 14.2. The molecule has 1 N–H and O–H groups in total. The summed E-state index contributed by atoms with van der Waals surface area (Å²) < 4.78 is 16.0. The Labute approximate surface area is 168 Å². The first kappa shape index (κ1) is 19.9. The van der Waals surface area contributed by atoms with Gasteiger partial charge in [0, 0.05) is 21.8 Å². The second kappa shape index (κ2) is 8.89. The van der Waals surface area contributed by atoms with Crippen molar-refractivity contribution in [2.45, 2.75) is 30.9 Å². The van der Waals surface area contributed by atoms with Gasteiger partial charge < -0.3 is 4.57 Å². The van der Waals surface area contributed by atoms with Gasteiger partial charge in [-0.25, -0.2) is 9.82 Å². The molecule has 0 aliphatic rings. The van der Waals surface area contributed by atoms with Crippen LogP contribution >= 0.6 is 11.8 Å². The van der Waals surface area contributed by atoms with Gasteiger partial charge in [0.25, 0.3) is 5.91 Å². The van der Waals surface area contributed by atoms with Crippen molar-refractivity contribution in [3.8, 4) is 5.69 Å². The van der Waals surface area contributed by atoms with E-state index >= 15 is 0 Å². The van der Waals surface area contributed by atoms with Crippen molar-refractivity contribution in [3.63, 3.8) is 0 Å². The number of nitrogens with one attached hydrogen (secondary N) is 1. The number of rotatable bonds is 6. The first-order valence-electron chi connectivity index (χ1n) is 8.96. The van der Waals surface area contributed by atoms with Gasteiger partial charge in [-0.1, -0.05) is 30.3 Å². The summed E-state index contributed by atoms with van der Waals surface area (Å²) in [6, 6.07) is 18.3. The standard InChI is InChI=1S/C22H22FN3OS/c1-15-13-18(16(2)26(15)21-12-8-7-11-20(21)23)14-24-25-22(27)17(3)28-19-9-5-4-6-10-19/h4-14,17H,1-3H3,(H,25,27)/b24-14+. The predicted molar refractivity (Wildman–Crippen MR) is 113 cm³/mol. The second-order valence-corrected chi connectivity index (χ2v) is 7.83. The van der Waals surface area contributed by atoms with Crippen LogP contribution in [-0.2, 0) is 4.79 Å². The molecule has 0 bridgehead atoms. The molecule has 1 unspecified atom stereocenters. The number of aryl methyl sites for hydroxylation is 1. The van der Waals surface area contributed by atoms with Gasteiger partial charge in [0.15, 0.2) is 0 Å². The summed E-state index contributed by atoms with van der Waals surface area (Å²) in [7, 11) is 0. The molecule has 0 radical (unpaired) electrons. The fourth-order valence-corrected chi connectivity index (χ4v) is 3.82. The predicted octanol–water partition coefficient (Wildman–Crippen LogP) is 4.86. The van der Waals surface area contributed by atoms with Gasteiger partial charge in [0.05, 0.1) is 17.2 Å². The fourth-order valence-electron chi connectivity index (χ4n) is 2.94. The Morgan fingerprint density at radius 3 is 2.54 bits per heavy atom. The highest BCUT2D eigenvalue weighted by atomic mass is 32.2. The number of amides is 1. The Morgan fingerprint density at radius 1 is 1.14 bits per heavy atom. The van der Waals surface area contributed by atoms with Crippen molar-refractivity contribution in [1.82, 2.24) is 9.99 Å². The number of hydrazone groups is 1. The molecule has 0 saturated heterocycles. The molecule has 0 aliphatic heterocycles. The molecular weight excluding hydrogens is 373 g/mol. The van der Waals surface area contributed by atoms with Gasteiger partial charge >= 0.3 is 0 Å². The topological polar surface area (TPSA) is 46.4 Å². The first-order chi connectivity index (χ1) is 13.5. The number of carbonyl (C=O) groups is 1. The van der Waals surface area contributed by atoms with Crippen molar-refractivity contribution >= 4 is 23.9 Å². The zero-order chi connectivity index (χ0) is 20.1. The highest BCUT2D eigenvalue weighted by molar-refractivity contribution is 8.00. The highest BCUT2D eigenvalue weighted by Gasteiger charge is 2.14. The maximum atomic E-state index is 14.2. The lowest BCUT2D eigenvalue weighted by Gasteiger charge is -2.10. The Kier molecular flexibility index (Phi) is 6.31. The lowest BCUT2D eigenvalue weighted by atomic mass is 10.2. The summed E-state index contributed by atoms with van der Waals surface area (Å²) in [5.74, 6) is -0.458. The molecule has 1 aromatic heterocycles. The third-order valence-electron chi connectivity index (χ3n) is 4.37. The van der Waals surface area contributed by atoms with Crippen LogP contribution in [0, 0.1) is 19.7 Å². The van der Waals surface area contributed by atoms with Gasteiger partial charge in [-0.15, -0.1) is 11.8 Å². The third-order valence-corrected chi connectivity index (χ3v) is 5.48. The number of nitrogens with zero attached hydrogens (tertiary/aromatic N) is 2. The Hall–Kier alpha value is -2.86. The number of hydrogen-bond donors (Lipinski definition) is 1. The van der Waals surface area contributed by atoms with Crippen LogP contribution in [0.15, 0.2) is 70.7 Å². The van der Waals surface area contributed by atoms with Crippen molar-refractivity contribution in [3.05, 3.63) is 83.4 Å². The van der Waals surface area contributed by atoms with Crippen LogP contribution in [0.5, 0.6) is 0 Å². The molecule has 0 fully saturated rings. The van der Waals surface area contributed by atoms with Gasteiger partial charge in [-0.3, -0.25) is 4.79 Å². The number of aromatic nitrogens is 1. The average molecular weight is 396 g/mol. The summed E-state index contributed by atoms with van der Waals surface area (Å²) in [5.41, 5.74) is 5.65. The molecule has 3 rings (SSSR count). The van der Waals surface area contributed by atoms with E-state index in [1.807, 2.05) is 61.7 Å². The molecule has 28 heavy (non-hydrogen) atoms. The zero-order valence-electron chi connectivity index (χ0n) is 16.0. The van der Waals surface area contributed by atoms with E-state index in [0.717, 1.165) is 21.8 Å². The molecular formula is C22H22FN3OS. The monoisotopic (exact) mass is 395 g/mol. The molecule has 4 nitrogen and oxygen atoms in total. The quantitative estimate of drug-likeness (QED) is 0.368. The fraction of sp³-hybridized carbons (Fsp3) is 0.182. The highest BCUT2D eigenvalue weighted by Crippen LogP contribution is 2.23. The summed E-state index contributed by atoms with van der Waals surface area (Å²) in [4.78, 5) is 13.3. The number of hydrogen-bond acceptors (Lipinski definition) is 3. The number of benzene rings is 2. The van der Waals surface area contributed by atoms with Crippen LogP contribution in [0.25, 0.3) is 5.69 Å². The molecule has 0 aliphatic carbocycles. The van der Waals surface area contributed by atoms with E-state index in [1.54, 1.807) is 24.4 Å². The molecule has 1 heterocycles. The van der Waals surface area contributed by atoms with E-state index in [1.165, 1.54) is 17.8 Å². The zero-order valence-corrected chi connectivity index (χ0v) is 16.8. The van der Waals surface area contributed by atoms with E-state index in [4.69, 9.17) is 0 Å². The average Bonchev–Trinajstić information content (AvgIpc) is 2.96. The minimum Gasteiger partial charge on any atom is -0.315 e. The number of carbonyl (C=O) groups excluding carboxylic acids is 1. The van der Waals surface area contributed by atoms with Crippen LogP contribution in [0.1, 0.15) is 23.9 Å². The number of thioether (sulfide) groups is 1. The van der Waals surface area contributed by atoms with Gasteiger partial charge in [0.1, 0.15) is 5.82 Å². The van der Waals surface area contributed by atoms with E-state index in [0.29, 0.717) is 5.69 Å². The molecule has 144 valence electrons. The van der Waals surface area contributed by atoms with Crippen LogP contribution < -0.4 is 5.43 Å². The summed E-state index contributed by atoms with van der Waals surface area (Å²) in [5, 5.41) is 3.82. The smallest absolute Gasteiger partial charge is 0.253 e. The van der Waals surface area contributed by atoms with Crippen molar-refractivity contribution in [2.75, 3.05) is 0 Å². The van der Waals surface area contributed by atoms with Gasteiger partial charge in [0.2, 0.25) is 0 Å². The summed E-state index contributed by atoms with van der Waals surface area (Å²) >= 11 is 1.47. The van der Waals surface area contributed by atoms with Crippen LogP contribution in [0.3, 0.4) is 0 Å². The molecule has 0 saturated carbocycles. The van der Waals surface area contributed by atoms with E-state index in [-0.39, 0.29) is 17.0 Å². The number of para-hydroxylation sites is 1. The molecule has 1 atom stereocenters. The molecule has 2 aromatic carbocycles. The SMILES string of the molecule is Cc1cc(/C=N/NC(=O)C(C)Sc2ccccc2)c(C)n1-c1ccccc1F. The van der Waals surface area contributed by atoms with Gasteiger partial charge in [-0.2, -0.15) is 5.10 Å². The van der Waals surface area contributed by atoms with Crippen LogP contribution in [0.4, 0.5) is 4.39 Å².